The van der Waals surface area contributed by atoms with Crippen molar-refractivity contribution in [2.75, 3.05) is 11.4 Å². The molecule has 36 heavy (non-hydrogen) atoms. The number of halogens is 1. The van der Waals surface area contributed by atoms with Crippen LogP contribution in [0.5, 0.6) is 0 Å². The van der Waals surface area contributed by atoms with Crippen LogP contribution in [-0.2, 0) is 0 Å². The first-order chi connectivity index (χ1) is 17.7. The number of hydrogen-bond acceptors (Lipinski definition) is 6. The molecule has 0 spiro atoms. The molecule has 1 aromatic carbocycles. The van der Waals surface area contributed by atoms with Crippen LogP contribution in [0, 0.1) is 0 Å². The molecule has 0 aliphatic carbocycles. The summed E-state index contributed by atoms with van der Waals surface area (Å²) in [5.41, 5.74) is 3.53. The largest absolute Gasteiger partial charge is 0.346 e. The smallest absolute Gasteiger partial charge is 0.284 e. The van der Waals surface area contributed by atoms with Crippen LogP contribution in [0.25, 0.3) is 33.4 Å². The highest BCUT2D eigenvalue weighted by atomic mass is 35.5. The van der Waals surface area contributed by atoms with E-state index >= 15 is 0 Å². The van der Waals surface area contributed by atoms with Gasteiger partial charge in [0.05, 0.1) is 28.3 Å². The predicted molar refractivity (Wildman–Crippen MR) is 137 cm³/mol. The van der Waals surface area contributed by atoms with Crippen LogP contribution in [0.4, 0.5) is 5.82 Å². The van der Waals surface area contributed by atoms with Crippen LogP contribution in [0.1, 0.15) is 24.7 Å². The van der Waals surface area contributed by atoms with Crippen LogP contribution >= 0.6 is 11.6 Å². The van der Waals surface area contributed by atoms with Crippen molar-refractivity contribution in [1.29, 1.82) is 0 Å². The lowest BCUT2D eigenvalue weighted by Gasteiger charge is -2.28. The lowest BCUT2D eigenvalue weighted by molar-refractivity contribution is 0.602. The third-order valence-corrected chi connectivity index (χ3v) is 7.06. The lowest BCUT2D eigenvalue weighted by Crippen LogP contribution is -2.33. The van der Waals surface area contributed by atoms with Crippen LogP contribution in [-0.4, -0.2) is 45.9 Å². The minimum absolute atomic E-state index is 0.186. The SMILES string of the molecule is O=c1c2c(Cl)ccn2nc([C@@H]2CCCN2c2ncnc3[nH]cc(-c4cn[nH]c4)c23)n1-c1ccccc1. The number of hydrogen-bond donors (Lipinski definition) is 2. The summed E-state index contributed by atoms with van der Waals surface area (Å²) in [5.74, 6) is 1.43. The van der Waals surface area contributed by atoms with Crippen molar-refractivity contribution < 1.29 is 0 Å². The molecule has 0 saturated carbocycles. The highest BCUT2D eigenvalue weighted by molar-refractivity contribution is 6.33. The molecule has 10 nitrogen and oxygen atoms in total. The maximum atomic E-state index is 13.8. The summed E-state index contributed by atoms with van der Waals surface area (Å²) in [4.78, 5) is 28.4. The van der Waals surface area contributed by atoms with Crippen LogP contribution < -0.4 is 10.5 Å². The van der Waals surface area contributed by atoms with Gasteiger partial charge in [0.25, 0.3) is 5.56 Å². The number of H-pyrrole nitrogens is 2. The summed E-state index contributed by atoms with van der Waals surface area (Å²) >= 11 is 6.38. The summed E-state index contributed by atoms with van der Waals surface area (Å²) in [7, 11) is 0. The molecule has 1 aliphatic heterocycles. The van der Waals surface area contributed by atoms with Gasteiger partial charge in [-0.1, -0.05) is 29.8 Å². The number of rotatable bonds is 4. The van der Waals surface area contributed by atoms with Gasteiger partial charge in [-0.05, 0) is 31.0 Å². The standard InChI is InChI=1S/C25H20ClN9O/c26-18-8-10-34-21(18)25(36)35(16-5-2-1-3-6-16)23(32-34)19-7-4-9-33(19)24-20-17(15-11-30-31-12-15)13-27-22(20)28-14-29-24/h1-3,5-6,8,10-14,19H,4,7,9H2,(H,30,31)(H,27,28,29)/t19-/m0/s1. The number of nitrogens with zero attached hydrogens (tertiary/aromatic N) is 7. The Morgan fingerprint density at radius 2 is 1.97 bits per heavy atom. The second kappa shape index (κ2) is 8.06. The molecule has 1 atom stereocenters. The number of nitrogens with one attached hydrogen (secondary N) is 2. The van der Waals surface area contributed by atoms with E-state index in [0.29, 0.717) is 16.4 Å². The first-order valence-electron chi connectivity index (χ1n) is 11.6. The Bertz CT molecular complexity index is 1770. The minimum Gasteiger partial charge on any atom is -0.346 e. The molecule has 0 amide bonds. The van der Waals surface area contributed by atoms with Gasteiger partial charge in [0, 0.05) is 36.3 Å². The molecule has 2 N–H and O–H groups in total. The predicted octanol–water partition coefficient (Wildman–Crippen LogP) is 4.14. The summed E-state index contributed by atoms with van der Waals surface area (Å²) in [6.45, 7) is 0.766. The Hall–Kier alpha value is -4.44. The van der Waals surface area contributed by atoms with Crippen LogP contribution in [0.2, 0.25) is 5.02 Å². The molecular formula is C25H20ClN9O. The number of aromatic amines is 2. The van der Waals surface area contributed by atoms with Crippen molar-refractivity contribution in [2.24, 2.45) is 0 Å². The minimum atomic E-state index is -0.207. The fourth-order valence-corrected chi connectivity index (χ4v) is 5.39. The van der Waals surface area contributed by atoms with Crippen molar-refractivity contribution in [2.45, 2.75) is 18.9 Å². The topological polar surface area (TPSA) is 113 Å². The Morgan fingerprint density at radius 1 is 1.08 bits per heavy atom. The van der Waals surface area contributed by atoms with E-state index in [2.05, 4.69) is 25.1 Å². The van der Waals surface area contributed by atoms with Gasteiger partial charge in [-0.25, -0.2) is 14.5 Å². The zero-order valence-electron chi connectivity index (χ0n) is 19.0. The second-order valence-corrected chi connectivity index (χ2v) is 9.16. The van der Waals surface area contributed by atoms with Gasteiger partial charge in [-0.3, -0.25) is 14.5 Å². The molecule has 1 saturated heterocycles. The van der Waals surface area contributed by atoms with Gasteiger partial charge in [0.1, 0.15) is 23.3 Å². The van der Waals surface area contributed by atoms with E-state index in [1.165, 1.54) is 0 Å². The number of para-hydroxylation sites is 1. The van der Waals surface area contributed by atoms with Gasteiger partial charge in [0.2, 0.25) is 0 Å². The second-order valence-electron chi connectivity index (χ2n) is 8.75. The molecule has 6 aromatic rings. The Labute approximate surface area is 209 Å². The number of aromatic nitrogens is 8. The lowest BCUT2D eigenvalue weighted by atomic mass is 10.1. The van der Waals surface area contributed by atoms with Crippen LogP contribution in [0.3, 0.4) is 0 Å². The first-order valence-corrected chi connectivity index (χ1v) is 12.0. The molecular weight excluding hydrogens is 478 g/mol. The summed E-state index contributed by atoms with van der Waals surface area (Å²) in [6.07, 6.45) is 10.6. The van der Waals surface area contributed by atoms with Crippen molar-refractivity contribution in [3.05, 3.63) is 88.7 Å². The Kier molecular flexibility index (Phi) is 4.68. The van der Waals surface area contributed by atoms with E-state index in [1.807, 2.05) is 42.7 Å². The average Bonchev–Trinajstić information content (AvgIpc) is 3.70. The maximum absolute atomic E-state index is 13.8. The monoisotopic (exact) mass is 497 g/mol. The Balaban J connectivity index is 1.46. The molecule has 5 aromatic heterocycles. The quantitative estimate of drug-likeness (QED) is 0.378. The molecule has 11 heteroatoms. The molecule has 0 unspecified atom stereocenters. The molecule has 178 valence electrons. The van der Waals surface area contributed by atoms with E-state index in [-0.39, 0.29) is 11.6 Å². The van der Waals surface area contributed by atoms with Gasteiger partial charge in [-0.2, -0.15) is 10.2 Å². The van der Waals surface area contributed by atoms with Crippen molar-refractivity contribution in [3.8, 4) is 16.8 Å². The van der Waals surface area contributed by atoms with Gasteiger partial charge in [-0.15, -0.1) is 0 Å². The van der Waals surface area contributed by atoms with E-state index in [1.54, 1.807) is 33.9 Å². The molecule has 0 radical (unpaired) electrons. The normalized spacial score (nSPS) is 15.9. The first kappa shape index (κ1) is 20.9. The van der Waals surface area contributed by atoms with E-state index in [4.69, 9.17) is 21.7 Å². The third-order valence-electron chi connectivity index (χ3n) is 6.76. The fraction of sp³-hybridized carbons (Fsp3) is 0.160. The molecule has 0 bridgehead atoms. The average molecular weight is 498 g/mol. The third kappa shape index (κ3) is 3.07. The Morgan fingerprint density at radius 3 is 2.81 bits per heavy atom. The van der Waals surface area contributed by atoms with E-state index in [0.717, 1.165) is 53.1 Å². The number of fused-ring (bicyclic) bond motifs is 2. The van der Waals surface area contributed by atoms with Crippen LogP contribution in [0.15, 0.2) is 72.3 Å². The van der Waals surface area contributed by atoms with Gasteiger partial charge >= 0.3 is 0 Å². The highest BCUT2D eigenvalue weighted by Crippen LogP contribution is 2.40. The number of benzene rings is 1. The molecule has 6 heterocycles. The number of anilines is 1. The van der Waals surface area contributed by atoms with Gasteiger partial charge < -0.3 is 9.88 Å². The van der Waals surface area contributed by atoms with Crippen molar-refractivity contribution in [3.63, 3.8) is 0 Å². The molecule has 1 aliphatic rings. The maximum Gasteiger partial charge on any atom is 0.284 e. The van der Waals surface area contributed by atoms with Crippen molar-refractivity contribution in [1.82, 2.24) is 39.3 Å². The van der Waals surface area contributed by atoms with Crippen molar-refractivity contribution >= 4 is 34.0 Å². The summed E-state index contributed by atoms with van der Waals surface area (Å²) in [5, 5.41) is 13.2. The summed E-state index contributed by atoms with van der Waals surface area (Å²) < 4.78 is 3.26. The van der Waals surface area contributed by atoms with E-state index in [9.17, 15) is 4.79 Å². The zero-order valence-corrected chi connectivity index (χ0v) is 19.7. The molecule has 7 rings (SSSR count). The summed E-state index contributed by atoms with van der Waals surface area (Å²) in [6, 6.07) is 11.1. The molecule has 1 fully saturated rings. The zero-order chi connectivity index (χ0) is 24.2. The fourth-order valence-electron chi connectivity index (χ4n) is 5.17. The van der Waals surface area contributed by atoms with Gasteiger partial charge in [0.15, 0.2) is 5.82 Å². The highest BCUT2D eigenvalue weighted by Gasteiger charge is 2.34. The van der Waals surface area contributed by atoms with E-state index < -0.39 is 0 Å².